The molecule has 1 rings (SSSR count). The minimum atomic E-state index is -1.11. The van der Waals surface area contributed by atoms with Crippen LogP contribution in [-0.4, -0.2) is 17.2 Å². The summed E-state index contributed by atoms with van der Waals surface area (Å²) in [4.78, 5) is 0. The highest BCUT2D eigenvalue weighted by molar-refractivity contribution is 5.43. The van der Waals surface area contributed by atoms with Gasteiger partial charge in [0.05, 0.1) is 11.8 Å². The highest BCUT2D eigenvalue weighted by Crippen LogP contribution is 2.23. The van der Waals surface area contributed by atoms with Gasteiger partial charge in [-0.15, -0.1) is 0 Å². The number of nitrogens with one attached hydrogen (secondary N) is 1. The van der Waals surface area contributed by atoms with Crippen LogP contribution in [0.4, 0.5) is 14.5 Å². The molecule has 0 aliphatic heterocycles. The van der Waals surface area contributed by atoms with E-state index in [0.29, 0.717) is 0 Å². The summed E-state index contributed by atoms with van der Waals surface area (Å²) in [5.74, 6) is -2.20. The second kappa shape index (κ2) is 4.98. The van der Waals surface area contributed by atoms with E-state index >= 15 is 0 Å². The highest BCUT2D eigenvalue weighted by Gasteiger charge is 2.19. The molecule has 0 aliphatic rings. The van der Waals surface area contributed by atoms with Crippen LogP contribution in [0.1, 0.15) is 32.4 Å². The second-order valence-corrected chi connectivity index (χ2v) is 5.02. The van der Waals surface area contributed by atoms with E-state index in [0.717, 1.165) is 0 Å². The van der Waals surface area contributed by atoms with Crippen LogP contribution < -0.4 is 11.1 Å². The number of nitrogen functional groups attached to an aromatic ring is 1. The molecule has 4 N–H and O–H groups in total. The van der Waals surface area contributed by atoms with E-state index in [4.69, 9.17) is 5.73 Å². The van der Waals surface area contributed by atoms with Gasteiger partial charge in [0.15, 0.2) is 11.6 Å². The van der Waals surface area contributed by atoms with E-state index < -0.39 is 17.7 Å². The Morgan fingerprint density at radius 1 is 1.29 bits per heavy atom. The predicted octanol–water partition coefficient (Wildman–Crippen LogP) is 1.97. The number of aliphatic hydroxyl groups is 1. The summed E-state index contributed by atoms with van der Waals surface area (Å²) in [6.45, 7) is 5.89. The van der Waals surface area contributed by atoms with Crippen molar-refractivity contribution < 1.29 is 13.9 Å². The Bertz CT molecular complexity index is 402. The molecule has 0 bridgehead atoms. The number of nitrogens with two attached hydrogens (primary N) is 1. The summed E-state index contributed by atoms with van der Waals surface area (Å²) in [6.07, 6.45) is -1.11. The van der Waals surface area contributed by atoms with Crippen LogP contribution in [-0.2, 0) is 0 Å². The van der Waals surface area contributed by atoms with Crippen LogP contribution in [0.3, 0.4) is 0 Å². The van der Waals surface area contributed by atoms with Crippen molar-refractivity contribution in [2.24, 2.45) is 0 Å². The number of hydrogen-bond acceptors (Lipinski definition) is 3. The van der Waals surface area contributed by atoms with Gasteiger partial charge in [0.1, 0.15) is 0 Å². The average Bonchev–Trinajstić information content (AvgIpc) is 2.22. The first kappa shape index (κ1) is 13.9. The van der Waals surface area contributed by atoms with Crippen molar-refractivity contribution in [1.29, 1.82) is 0 Å². The second-order valence-electron chi connectivity index (χ2n) is 5.02. The van der Waals surface area contributed by atoms with Gasteiger partial charge in [-0.25, -0.2) is 8.78 Å². The van der Waals surface area contributed by atoms with Crippen molar-refractivity contribution >= 4 is 5.69 Å². The SMILES string of the molecule is CC(C)(C)NCC(O)c1ccc(N)c(F)c1F. The van der Waals surface area contributed by atoms with Gasteiger partial charge in [-0.2, -0.15) is 0 Å². The van der Waals surface area contributed by atoms with E-state index in [9.17, 15) is 13.9 Å². The molecule has 0 aliphatic carbocycles. The molecular weight excluding hydrogens is 226 g/mol. The van der Waals surface area contributed by atoms with Gasteiger partial charge >= 0.3 is 0 Å². The molecule has 0 amide bonds. The van der Waals surface area contributed by atoms with Crippen LogP contribution in [0.25, 0.3) is 0 Å². The zero-order valence-electron chi connectivity index (χ0n) is 10.2. The molecule has 17 heavy (non-hydrogen) atoms. The maximum absolute atomic E-state index is 13.5. The summed E-state index contributed by atoms with van der Waals surface area (Å²) >= 11 is 0. The van der Waals surface area contributed by atoms with Crippen molar-refractivity contribution in [1.82, 2.24) is 5.32 Å². The molecule has 3 nitrogen and oxygen atoms in total. The number of aliphatic hydroxyl groups excluding tert-OH is 1. The smallest absolute Gasteiger partial charge is 0.182 e. The minimum absolute atomic E-state index is 0.0894. The first-order valence-electron chi connectivity index (χ1n) is 5.39. The molecule has 1 aromatic rings. The molecule has 0 saturated heterocycles. The zero-order valence-corrected chi connectivity index (χ0v) is 10.2. The van der Waals surface area contributed by atoms with Crippen LogP contribution >= 0.6 is 0 Å². The Labute approximate surface area is 99.6 Å². The van der Waals surface area contributed by atoms with Crippen molar-refractivity contribution in [3.8, 4) is 0 Å². The summed E-state index contributed by atoms with van der Waals surface area (Å²) in [7, 11) is 0. The van der Waals surface area contributed by atoms with E-state index in [-0.39, 0.29) is 23.3 Å². The first-order valence-corrected chi connectivity index (χ1v) is 5.39. The number of halogens is 2. The van der Waals surface area contributed by atoms with Crippen molar-refractivity contribution in [2.75, 3.05) is 12.3 Å². The van der Waals surface area contributed by atoms with E-state index in [1.807, 2.05) is 20.8 Å². The number of rotatable bonds is 3. The number of β-amino-alcohol motifs (C(OH)–C–C–N with tert-alkyl or cyclic N) is 1. The molecule has 1 atom stereocenters. The zero-order chi connectivity index (χ0) is 13.2. The highest BCUT2D eigenvalue weighted by atomic mass is 19.2. The van der Waals surface area contributed by atoms with Gasteiger partial charge < -0.3 is 16.2 Å². The van der Waals surface area contributed by atoms with E-state index in [1.54, 1.807) is 0 Å². The Kier molecular flexibility index (Phi) is 4.06. The Balaban J connectivity index is 2.83. The largest absolute Gasteiger partial charge is 0.396 e. The normalized spacial score (nSPS) is 13.8. The first-order chi connectivity index (χ1) is 7.72. The summed E-state index contributed by atoms with van der Waals surface area (Å²) in [5.41, 5.74) is 4.66. The van der Waals surface area contributed by atoms with Crippen LogP contribution in [0.5, 0.6) is 0 Å². The third kappa shape index (κ3) is 3.64. The fraction of sp³-hybridized carbons (Fsp3) is 0.500. The Morgan fingerprint density at radius 3 is 2.41 bits per heavy atom. The molecule has 1 aromatic carbocycles. The molecule has 0 saturated carbocycles. The quantitative estimate of drug-likeness (QED) is 0.712. The number of benzene rings is 1. The van der Waals surface area contributed by atoms with Crippen molar-refractivity contribution in [2.45, 2.75) is 32.4 Å². The van der Waals surface area contributed by atoms with Crippen LogP contribution in [0.15, 0.2) is 12.1 Å². The van der Waals surface area contributed by atoms with Gasteiger partial charge in [0, 0.05) is 17.6 Å². The van der Waals surface area contributed by atoms with Gasteiger partial charge in [0.2, 0.25) is 0 Å². The maximum atomic E-state index is 13.5. The van der Waals surface area contributed by atoms with Gasteiger partial charge in [-0.1, -0.05) is 6.07 Å². The lowest BCUT2D eigenvalue weighted by Crippen LogP contribution is -2.38. The standard InChI is InChI=1S/C12H18F2N2O/c1-12(2,3)16-6-9(17)7-4-5-8(15)11(14)10(7)13/h4-5,9,16-17H,6,15H2,1-3H3. The fourth-order valence-electron chi connectivity index (χ4n) is 1.35. The predicted molar refractivity (Wildman–Crippen MR) is 63.5 cm³/mol. The molecule has 0 aromatic heterocycles. The summed E-state index contributed by atoms with van der Waals surface area (Å²) in [5, 5.41) is 12.8. The van der Waals surface area contributed by atoms with Crippen molar-refractivity contribution in [3.63, 3.8) is 0 Å². The van der Waals surface area contributed by atoms with Crippen LogP contribution in [0, 0.1) is 11.6 Å². The lowest BCUT2D eigenvalue weighted by atomic mass is 10.0. The molecule has 0 spiro atoms. The van der Waals surface area contributed by atoms with Crippen LogP contribution in [0.2, 0.25) is 0 Å². The minimum Gasteiger partial charge on any atom is -0.396 e. The third-order valence-electron chi connectivity index (χ3n) is 2.33. The molecule has 5 heteroatoms. The number of hydrogen-bond donors (Lipinski definition) is 3. The lowest BCUT2D eigenvalue weighted by molar-refractivity contribution is 0.158. The Morgan fingerprint density at radius 2 is 1.88 bits per heavy atom. The summed E-state index contributed by atoms with van der Waals surface area (Å²) < 4.78 is 26.7. The molecule has 1 unspecified atom stereocenters. The maximum Gasteiger partial charge on any atom is 0.182 e. The molecule has 96 valence electrons. The lowest BCUT2D eigenvalue weighted by Gasteiger charge is -2.23. The summed E-state index contributed by atoms with van der Waals surface area (Å²) in [6, 6.07) is 2.54. The van der Waals surface area contributed by atoms with E-state index in [1.165, 1.54) is 12.1 Å². The fourth-order valence-corrected chi connectivity index (χ4v) is 1.35. The number of anilines is 1. The van der Waals surface area contributed by atoms with E-state index in [2.05, 4.69) is 5.32 Å². The molecule has 0 radical (unpaired) electrons. The molecule has 0 heterocycles. The van der Waals surface area contributed by atoms with Gasteiger partial charge in [-0.05, 0) is 26.8 Å². The molecule has 0 fully saturated rings. The topological polar surface area (TPSA) is 58.3 Å². The van der Waals surface area contributed by atoms with Gasteiger partial charge in [0.25, 0.3) is 0 Å². The van der Waals surface area contributed by atoms with Crippen molar-refractivity contribution in [3.05, 3.63) is 29.3 Å². The molecular formula is C12H18F2N2O. The Hall–Kier alpha value is -1.20. The average molecular weight is 244 g/mol. The monoisotopic (exact) mass is 244 g/mol. The van der Waals surface area contributed by atoms with Gasteiger partial charge in [-0.3, -0.25) is 0 Å². The third-order valence-corrected chi connectivity index (χ3v) is 2.33.